The summed E-state index contributed by atoms with van der Waals surface area (Å²) in [6, 6.07) is 34.5. The number of benzene rings is 5. The Morgan fingerprint density at radius 3 is 1.09 bits per heavy atom. The molecule has 0 saturated carbocycles. The van der Waals surface area contributed by atoms with Gasteiger partial charge in [-0.15, -0.1) is 0 Å². The number of halogens is 1. The lowest BCUT2D eigenvalue weighted by Gasteiger charge is -2.34. The van der Waals surface area contributed by atoms with Crippen molar-refractivity contribution in [1.29, 1.82) is 0 Å². The second-order valence-corrected chi connectivity index (χ2v) is 18.1. The van der Waals surface area contributed by atoms with Gasteiger partial charge < -0.3 is 28.7 Å². The van der Waals surface area contributed by atoms with Crippen LogP contribution in [0.25, 0.3) is 0 Å². The first kappa shape index (κ1) is 38.5. The Kier molecular flexibility index (Phi) is 10.5. The Bertz CT molecular complexity index is 2020. The molecule has 5 aromatic rings. The summed E-state index contributed by atoms with van der Waals surface area (Å²) in [5, 5.41) is 0.604. The first-order valence-electron chi connectivity index (χ1n) is 19.5. The minimum Gasteiger partial charge on any atom is -0.490 e. The van der Waals surface area contributed by atoms with Gasteiger partial charge in [-0.25, -0.2) is 0 Å². The highest BCUT2D eigenvalue weighted by Crippen LogP contribution is 2.51. The summed E-state index contributed by atoms with van der Waals surface area (Å²) in [4.78, 5) is 4.49. The number of rotatable bonds is 6. The number of nitrogens with zero attached hydrogens (tertiary/aromatic N) is 2. The van der Waals surface area contributed by atoms with Crippen molar-refractivity contribution in [3.05, 3.63) is 119 Å². The quantitative estimate of drug-likeness (QED) is 0.172. The lowest BCUT2D eigenvalue weighted by atomic mass is 9.85. The first-order valence-corrected chi connectivity index (χ1v) is 19.9. The minimum absolute atomic E-state index is 0.0144. The van der Waals surface area contributed by atoms with Gasteiger partial charge in [0.1, 0.15) is 0 Å². The zero-order chi connectivity index (χ0) is 39.1. The monoisotopic (exact) mass is 758 g/mol. The average molecular weight is 759 g/mol. The van der Waals surface area contributed by atoms with Gasteiger partial charge in [-0.2, -0.15) is 0 Å². The fraction of sp³-hybridized carbons (Fsp3) is 0.375. The van der Waals surface area contributed by atoms with E-state index in [9.17, 15) is 0 Å². The Hall–Kier alpha value is -4.81. The molecule has 5 aromatic carbocycles. The van der Waals surface area contributed by atoms with Gasteiger partial charge in [0, 0.05) is 36.3 Å². The molecule has 6 nitrogen and oxygen atoms in total. The molecule has 0 radical (unpaired) electrons. The van der Waals surface area contributed by atoms with Crippen molar-refractivity contribution < 1.29 is 18.9 Å². The molecule has 0 fully saturated rings. The molecule has 55 heavy (non-hydrogen) atoms. The van der Waals surface area contributed by atoms with Gasteiger partial charge in [0.25, 0.3) is 0 Å². The average Bonchev–Trinajstić information content (AvgIpc) is 3.53. The molecule has 7 rings (SSSR count). The number of ether oxygens (including phenoxy) is 4. The SMILES string of the molecule is CC(C)(C)c1ccc(N(c2ccc(C(C)(C)C)cc2)c2cc(C(C)(C)C)cc(N(c3ccc4c(c3)OCCCO4)c3ccc4c(c3)OCCCO4)c2Cl)cc1. The molecule has 2 aliphatic rings. The fourth-order valence-corrected chi connectivity index (χ4v) is 7.29. The molecule has 0 bridgehead atoms. The number of hydrogen-bond donors (Lipinski definition) is 0. The third-order valence-electron chi connectivity index (χ3n) is 10.3. The Labute approximate surface area is 332 Å². The second kappa shape index (κ2) is 15.0. The zero-order valence-corrected chi connectivity index (χ0v) is 34.6. The third kappa shape index (κ3) is 8.26. The molecule has 0 saturated heterocycles. The predicted octanol–water partition coefficient (Wildman–Crippen LogP) is 13.5. The van der Waals surface area contributed by atoms with E-state index in [1.807, 2.05) is 12.1 Å². The summed E-state index contributed by atoms with van der Waals surface area (Å²) in [6.45, 7) is 22.6. The van der Waals surface area contributed by atoms with Crippen molar-refractivity contribution in [1.82, 2.24) is 0 Å². The van der Waals surface area contributed by atoms with Gasteiger partial charge in [0.2, 0.25) is 0 Å². The minimum atomic E-state index is -0.215. The topological polar surface area (TPSA) is 43.4 Å². The van der Waals surface area contributed by atoms with Gasteiger partial charge in [-0.05, 0) is 93.6 Å². The first-order chi connectivity index (χ1) is 26.1. The zero-order valence-electron chi connectivity index (χ0n) is 33.9. The van der Waals surface area contributed by atoms with Crippen molar-refractivity contribution in [3.8, 4) is 23.0 Å². The molecule has 0 unspecified atom stereocenters. The van der Waals surface area contributed by atoms with Crippen LogP contribution in [0.4, 0.5) is 34.1 Å². The van der Waals surface area contributed by atoms with E-state index >= 15 is 0 Å². The molecule has 0 N–H and O–H groups in total. The van der Waals surface area contributed by atoms with Crippen molar-refractivity contribution >= 4 is 45.7 Å². The van der Waals surface area contributed by atoms with Crippen LogP contribution in [0.15, 0.2) is 97.1 Å². The molecule has 7 heteroatoms. The van der Waals surface area contributed by atoms with E-state index in [-0.39, 0.29) is 16.2 Å². The van der Waals surface area contributed by atoms with Crippen LogP contribution in [-0.2, 0) is 16.2 Å². The number of anilines is 6. The number of hydrogen-bond acceptors (Lipinski definition) is 6. The largest absolute Gasteiger partial charge is 0.490 e. The van der Waals surface area contributed by atoms with E-state index in [1.54, 1.807) is 0 Å². The molecule has 0 spiro atoms. The summed E-state index contributed by atoms with van der Waals surface area (Å²) in [6.07, 6.45) is 1.64. The molecule has 0 aromatic heterocycles. The number of fused-ring (bicyclic) bond motifs is 2. The van der Waals surface area contributed by atoms with E-state index < -0.39 is 0 Å². The Morgan fingerprint density at radius 2 is 0.727 bits per heavy atom. The standard InChI is InChI=1S/C48H55ClN2O4/c1-46(2,3)32-12-16-35(17-13-32)50(36-18-14-33(15-19-36)47(4,5)6)39-28-34(48(7,8)9)29-40(45(39)49)51(37-20-22-41-43(30-37)54-26-10-24-52-41)38-21-23-42-44(31-38)55-27-11-25-53-42/h12-23,28-31H,10-11,24-27H2,1-9H3. The van der Waals surface area contributed by atoms with Crippen LogP contribution in [0, 0.1) is 0 Å². The smallest absolute Gasteiger partial charge is 0.163 e. The van der Waals surface area contributed by atoms with E-state index in [0.717, 1.165) is 64.0 Å². The molecule has 0 atom stereocenters. The summed E-state index contributed by atoms with van der Waals surface area (Å²) in [7, 11) is 0. The van der Waals surface area contributed by atoms with Crippen LogP contribution in [0.3, 0.4) is 0 Å². The Balaban J connectivity index is 1.49. The maximum Gasteiger partial charge on any atom is 0.163 e. The van der Waals surface area contributed by atoms with E-state index in [0.29, 0.717) is 42.9 Å². The maximum absolute atomic E-state index is 7.87. The second-order valence-electron chi connectivity index (χ2n) is 17.7. The van der Waals surface area contributed by atoms with Crippen molar-refractivity contribution in [2.45, 2.75) is 91.4 Å². The predicted molar refractivity (Wildman–Crippen MR) is 228 cm³/mol. The maximum atomic E-state index is 7.87. The van der Waals surface area contributed by atoms with Gasteiger partial charge >= 0.3 is 0 Å². The van der Waals surface area contributed by atoms with Crippen LogP contribution in [0.2, 0.25) is 5.02 Å². The molecule has 2 aliphatic heterocycles. The summed E-state index contributed by atoms with van der Waals surface area (Å²) in [5.74, 6) is 2.88. The highest BCUT2D eigenvalue weighted by atomic mass is 35.5. The molecular formula is C48H55ClN2O4. The van der Waals surface area contributed by atoms with E-state index in [4.69, 9.17) is 30.5 Å². The molecule has 0 aliphatic carbocycles. The molecule has 2 heterocycles. The van der Waals surface area contributed by atoms with E-state index in [1.165, 1.54) is 11.1 Å². The summed E-state index contributed by atoms with van der Waals surface area (Å²) < 4.78 is 24.6. The van der Waals surface area contributed by atoms with Gasteiger partial charge in [0.05, 0.1) is 54.2 Å². The third-order valence-corrected chi connectivity index (χ3v) is 10.7. The van der Waals surface area contributed by atoms with Gasteiger partial charge in [-0.1, -0.05) is 98.2 Å². The lowest BCUT2D eigenvalue weighted by Crippen LogP contribution is -2.19. The molecule has 0 amide bonds. The van der Waals surface area contributed by atoms with Crippen molar-refractivity contribution in [2.24, 2.45) is 0 Å². The molecule has 288 valence electrons. The Morgan fingerprint density at radius 1 is 0.400 bits per heavy atom. The van der Waals surface area contributed by atoms with Gasteiger partial charge in [0.15, 0.2) is 23.0 Å². The van der Waals surface area contributed by atoms with Crippen molar-refractivity contribution in [3.63, 3.8) is 0 Å². The van der Waals surface area contributed by atoms with Crippen molar-refractivity contribution in [2.75, 3.05) is 36.2 Å². The molecular weight excluding hydrogens is 704 g/mol. The van der Waals surface area contributed by atoms with Crippen LogP contribution >= 0.6 is 11.6 Å². The van der Waals surface area contributed by atoms with E-state index in [2.05, 4.69) is 157 Å². The van der Waals surface area contributed by atoms with Crippen LogP contribution < -0.4 is 28.7 Å². The fourth-order valence-electron chi connectivity index (χ4n) is 7.01. The highest BCUT2D eigenvalue weighted by Gasteiger charge is 2.29. The normalized spacial score (nSPS) is 14.5. The van der Waals surface area contributed by atoms with Crippen LogP contribution in [0.1, 0.15) is 91.8 Å². The summed E-state index contributed by atoms with van der Waals surface area (Å²) in [5.41, 5.74) is 9.00. The lowest BCUT2D eigenvalue weighted by molar-refractivity contribution is 0.296. The van der Waals surface area contributed by atoms with Crippen LogP contribution in [-0.4, -0.2) is 26.4 Å². The van der Waals surface area contributed by atoms with Gasteiger partial charge in [-0.3, -0.25) is 0 Å². The summed E-state index contributed by atoms with van der Waals surface area (Å²) >= 11 is 7.87. The van der Waals surface area contributed by atoms with Crippen LogP contribution in [0.5, 0.6) is 23.0 Å². The highest BCUT2D eigenvalue weighted by molar-refractivity contribution is 6.36.